The Morgan fingerprint density at radius 2 is 2.47 bits per heavy atom. The second-order valence-electron chi connectivity index (χ2n) is 4.56. The van der Waals surface area contributed by atoms with Crippen LogP contribution in [0, 0.1) is 6.92 Å². The molecule has 94 valence electrons. The lowest BCUT2D eigenvalue weighted by Gasteiger charge is -2.27. The van der Waals surface area contributed by atoms with Crippen LogP contribution in [-0.4, -0.2) is 35.4 Å². The summed E-state index contributed by atoms with van der Waals surface area (Å²) in [4.78, 5) is 19.4. The molecule has 1 atom stereocenters. The van der Waals surface area contributed by atoms with Gasteiger partial charge in [-0.3, -0.25) is 4.79 Å². The first-order valence-corrected chi connectivity index (χ1v) is 6.94. The van der Waals surface area contributed by atoms with Crippen LogP contribution in [0.2, 0.25) is 0 Å². The second-order valence-corrected chi connectivity index (χ2v) is 5.50. The van der Waals surface area contributed by atoms with Crippen LogP contribution in [-0.2, 0) is 11.3 Å². The molecule has 1 saturated heterocycles. The first-order chi connectivity index (χ1) is 8.18. The SMILES string of the molecule is Cc1ncsc1CN(C)C(=O)[C@H]1CCCCN1. The molecule has 17 heavy (non-hydrogen) atoms. The van der Waals surface area contributed by atoms with Gasteiger partial charge in [-0.2, -0.15) is 0 Å². The highest BCUT2D eigenvalue weighted by molar-refractivity contribution is 7.09. The van der Waals surface area contributed by atoms with Crippen molar-refractivity contribution in [1.29, 1.82) is 0 Å². The topological polar surface area (TPSA) is 45.2 Å². The summed E-state index contributed by atoms with van der Waals surface area (Å²) in [7, 11) is 1.87. The van der Waals surface area contributed by atoms with Crippen molar-refractivity contribution in [3.8, 4) is 0 Å². The number of nitrogens with zero attached hydrogens (tertiary/aromatic N) is 2. The predicted molar refractivity (Wildman–Crippen MR) is 69.0 cm³/mol. The highest BCUT2D eigenvalue weighted by Gasteiger charge is 2.23. The Labute approximate surface area is 106 Å². The lowest BCUT2D eigenvalue weighted by Crippen LogP contribution is -2.46. The fraction of sp³-hybridized carbons (Fsp3) is 0.667. The lowest BCUT2D eigenvalue weighted by molar-refractivity contribution is -0.133. The number of amides is 1. The monoisotopic (exact) mass is 253 g/mol. The number of hydrogen-bond acceptors (Lipinski definition) is 4. The van der Waals surface area contributed by atoms with Crippen LogP contribution in [0.5, 0.6) is 0 Å². The second kappa shape index (κ2) is 5.60. The van der Waals surface area contributed by atoms with E-state index in [2.05, 4.69) is 10.3 Å². The molecule has 1 aliphatic rings. The first kappa shape index (κ1) is 12.5. The third-order valence-electron chi connectivity index (χ3n) is 3.21. The molecule has 4 nitrogen and oxygen atoms in total. The van der Waals surface area contributed by atoms with Crippen molar-refractivity contribution in [3.05, 3.63) is 16.1 Å². The van der Waals surface area contributed by atoms with Gasteiger partial charge >= 0.3 is 0 Å². The molecule has 5 heteroatoms. The summed E-state index contributed by atoms with van der Waals surface area (Å²) in [5.41, 5.74) is 2.87. The normalized spacial score (nSPS) is 20.2. The first-order valence-electron chi connectivity index (χ1n) is 6.06. The molecule has 0 aliphatic carbocycles. The van der Waals surface area contributed by atoms with Gasteiger partial charge in [-0.25, -0.2) is 4.98 Å². The third-order valence-corrected chi connectivity index (χ3v) is 4.13. The minimum atomic E-state index is 0.0157. The van der Waals surface area contributed by atoms with Gasteiger partial charge in [0.2, 0.25) is 5.91 Å². The van der Waals surface area contributed by atoms with Crippen molar-refractivity contribution in [2.45, 2.75) is 38.8 Å². The number of aryl methyl sites for hydroxylation is 1. The number of rotatable bonds is 3. The van der Waals surface area contributed by atoms with E-state index in [1.165, 1.54) is 11.3 Å². The van der Waals surface area contributed by atoms with Crippen LogP contribution in [0.3, 0.4) is 0 Å². The van der Waals surface area contributed by atoms with Crippen LogP contribution in [0.25, 0.3) is 0 Å². The Balaban J connectivity index is 1.93. The van der Waals surface area contributed by atoms with Crippen molar-refractivity contribution >= 4 is 17.2 Å². The Kier molecular flexibility index (Phi) is 4.12. The summed E-state index contributed by atoms with van der Waals surface area (Å²) in [6.07, 6.45) is 3.29. The van der Waals surface area contributed by atoms with Crippen LogP contribution >= 0.6 is 11.3 Å². The van der Waals surface area contributed by atoms with E-state index in [0.29, 0.717) is 6.54 Å². The van der Waals surface area contributed by atoms with Crippen molar-refractivity contribution < 1.29 is 4.79 Å². The zero-order valence-corrected chi connectivity index (χ0v) is 11.2. The zero-order chi connectivity index (χ0) is 12.3. The molecule has 0 unspecified atom stereocenters. The quantitative estimate of drug-likeness (QED) is 0.889. The van der Waals surface area contributed by atoms with Crippen LogP contribution in [0.4, 0.5) is 0 Å². The Morgan fingerprint density at radius 1 is 1.65 bits per heavy atom. The highest BCUT2D eigenvalue weighted by Crippen LogP contribution is 2.16. The largest absolute Gasteiger partial charge is 0.339 e. The minimum absolute atomic E-state index is 0.0157. The molecule has 1 aromatic heterocycles. The maximum Gasteiger partial charge on any atom is 0.239 e. The van der Waals surface area contributed by atoms with Gasteiger partial charge in [0.15, 0.2) is 0 Å². The summed E-state index contributed by atoms with van der Waals surface area (Å²) in [6.45, 7) is 3.63. The van der Waals surface area contributed by atoms with E-state index in [9.17, 15) is 4.79 Å². The predicted octanol–water partition coefficient (Wildman–Crippen LogP) is 1.55. The Morgan fingerprint density at radius 3 is 3.06 bits per heavy atom. The molecule has 1 amide bonds. The fourth-order valence-electron chi connectivity index (χ4n) is 2.10. The van der Waals surface area contributed by atoms with Gasteiger partial charge in [0.05, 0.1) is 23.8 Å². The molecule has 2 rings (SSSR count). The maximum atomic E-state index is 12.2. The summed E-state index contributed by atoms with van der Waals surface area (Å²) in [5, 5.41) is 3.29. The fourth-order valence-corrected chi connectivity index (χ4v) is 2.93. The smallest absolute Gasteiger partial charge is 0.239 e. The number of thiazole rings is 1. The van der Waals surface area contributed by atoms with Crippen molar-refractivity contribution in [2.24, 2.45) is 0 Å². The molecule has 0 spiro atoms. The molecule has 0 bridgehead atoms. The number of piperidine rings is 1. The van der Waals surface area contributed by atoms with Gasteiger partial charge in [0.1, 0.15) is 0 Å². The molecule has 0 aromatic carbocycles. The summed E-state index contributed by atoms with van der Waals surface area (Å²) in [5.74, 6) is 0.206. The van der Waals surface area contributed by atoms with Gasteiger partial charge in [0, 0.05) is 11.9 Å². The Hall–Kier alpha value is -0.940. The molecule has 1 N–H and O–H groups in total. The van der Waals surface area contributed by atoms with Gasteiger partial charge in [0.25, 0.3) is 0 Å². The summed E-state index contributed by atoms with van der Waals surface area (Å²) in [6, 6.07) is 0.0157. The maximum absolute atomic E-state index is 12.2. The van der Waals surface area contributed by atoms with Crippen molar-refractivity contribution in [3.63, 3.8) is 0 Å². The molecular formula is C12H19N3OS. The molecule has 1 fully saturated rings. The number of likely N-dealkylation sites (N-methyl/N-ethyl adjacent to an activating group) is 1. The number of hydrogen-bond donors (Lipinski definition) is 1. The molecule has 0 radical (unpaired) electrons. The molecular weight excluding hydrogens is 234 g/mol. The van der Waals surface area contributed by atoms with Crippen LogP contribution in [0.1, 0.15) is 29.8 Å². The average molecular weight is 253 g/mol. The van der Waals surface area contributed by atoms with E-state index in [0.717, 1.165) is 25.1 Å². The third kappa shape index (κ3) is 3.04. The zero-order valence-electron chi connectivity index (χ0n) is 10.4. The van der Waals surface area contributed by atoms with E-state index in [-0.39, 0.29) is 11.9 Å². The molecule has 2 heterocycles. The highest BCUT2D eigenvalue weighted by atomic mass is 32.1. The lowest BCUT2D eigenvalue weighted by atomic mass is 10.0. The number of carbonyl (C=O) groups excluding carboxylic acids is 1. The number of carbonyl (C=O) groups is 1. The van der Waals surface area contributed by atoms with E-state index < -0.39 is 0 Å². The molecule has 1 aromatic rings. The number of aromatic nitrogens is 1. The Bertz CT molecular complexity index is 385. The summed E-state index contributed by atoms with van der Waals surface area (Å²) < 4.78 is 0. The van der Waals surface area contributed by atoms with E-state index in [1.54, 1.807) is 11.3 Å². The average Bonchev–Trinajstić information content (AvgIpc) is 2.75. The van der Waals surface area contributed by atoms with Crippen molar-refractivity contribution in [2.75, 3.05) is 13.6 Å². The van der Waals surface area contributed by atoms with Gasteiger partial charge < -0.3 is 10.2 Å². The molecule has 0 saturated carbocycles. The van der Waals surface area contributed by atoms with Crippen molar-refractivity contribution in [1.82, 2.24) is 15.2 Å². The van der Waals surface area contributed by atoms with Crippen LogP contribution in [0.15, 0.2) is 5.51 Å². The van der Waals surface area contributed by atoms with E-state index >= 15 is 0 Å². The minimum Gasteiger partial charge on any atom is -0.339 e. The standard InChI is InChI=1S/C12H19N3OS/c1-9-11(17-8-14-9)7-15(2)12(16)10-5-3-4-6-13-10/h8,10,13H,3-7H2,1-2H3/t10-/m1/s1. The van der Waals surface area contributed by atoms with Gasteiger partial charge in [-0.15, -0.1) is 11.3 Å². The molecule has 1 aliphatic heterocycles. The number of nitrogens with one attached hydrogen (secondary N) is 1. The van der Waals surface area contributed by atoms with E-state index in [1.807, 2.05) is 24.4 Å². The van der Waals surface area contributed by atoms with Gasteiger partial charge in [-0.05, 0) is 26.3 Å². The van der Waals surface area contributed by atoms with Crippen LogP contribution < -0.4 is 5.32 Å². The summed E-state index contributed by atoms with van der Waals surface area (Å²) >= 11 is 1.62. The van der Waals surface area contributed by atoms with E-state index in [4.69, 9.17) is 0 Å². The van der Waals surface area contributed by atoms with Gasteiger partial charge in [-0.1, -0.05) is 6.42 Å².